The molecular weight excluding hydrogens is 400 g/mol. The van der Waals surface area contributed by atoms with Crippen molar-refractivity contribution in [2.24, 2.45) is 5.84 Å². The van der Waals surface area contributed by atoms with Crippen molar-refractivity contribution < 1.29 is 9.47 Å². The Balaban J connectivity index is 0.000000348. The maximum absolute atomic E-state index is 5.42. The van der Waals surface area contributed by atoms with Gasteiger partial charge in [-0.2, -0.15) is 5.10 Å². The number of ether oxygens (including phenoxy) is 2. The molecule has 0 bridgehead atoms. The minimum Gasteiger partial charge on any atom is -0.495 e. The molecule has 6 nitrogen and oxygen atoms in total. The average molecular weight is 433 g/mol. The lowest BCUT2D eigenvalue weighted by atomic mass is 10.1. The number of rotatable bonds is 7. The summed E-state index contributed by atoms with van der Waals surface area (Å²) in [6.45, 7) is 6.44. The molecule has 1 aromatic heterocycles. The second kappa shape index (κ2) is 12.8. The van der Waals surface area contributed by atoms with Gasteiger partial charge in [0.25, 0.3) is 0 Å². The smallest absolute Gasteiger partial charge is 0.144 e. The lowest BCUT2D eigenvalue weighted by Gasteiger charge is -2.10. The Hall–Kier alpha value is -2.70. The van der Waals surface area contributed by atoms with Crippen molar-refractivity contribution in [1.82, 2.24) is 9.78 Å². The fourth-order valence-electron chi connectivity index (χ4n) is 3.19. The SMILES string of the molecule is CCCCc1c(C)nn(-c2ccccc2OC)c1C.COc1ccccc1NN.Cl. The maximum atomic E-state index is 5.42. The van der Waals surface area contributed by atoms with Gasteiger partial charge in [0.2, 0.25) is 0 Å². The molecule has 0 aliphatic heterocycles. The number of unbranched alkanes of at least 4 members (excludes halogenated alkanes) is 1. The molecule has 2 aromatic carbocycles. The largest absolute Gasteiger partial charge is 0.495 e. The summed E-state index contributed by atoms with van der Waals surface area (Å²) in [5.41, 5.74) is 8.03. The van der Waals surface area contributed by atoms with E-state index < -0.39 is 0 Å². The number of nitrogens with zero attached hydrogens (tertiary/aromatic N) is 2. The summed E-state index contributed by atoms with van der Waals surface area (Å²) in [5.74, 6) is 6.81. The van der Waals surface area contributed by atoms with Crippen LogP contribution in [0.15, 0.2) is 48.5 Å². The number of nitrogen functional groups attached to an aromatic ring is 1. The number of benzene rings is 2. The maximum Gasteiger partial charge on any atom is 0.144 e. The van der Waals surface area contributed by atoms with Gasteiger partial charge in [-0.15, -0.1) is 12.4 Å². The van der Waals surface area contributed by atoms with E-state index in [0.717, 1.165) is 35.0 Å². The van der Waals surface area contributed by atoms with Crippen molar-refractivity contribution in [2.45, 2.75) is 40.0 Å². The van der Waals surface area contributed by atoms with Gasteiger partial charge in [0.1, 0.15) is 17.2 Å². The number of nitrogens with one attached hydrogen (secondary N) is 1. The molecule has 0 radical (unpaired) electrons. The number of hydrazine groups is 1. The molecule has 1 heterocycles. The number of aryl methyl sites for hydroxylation is 1. The monoisotopic (exact) mass is 432 g/mol. The second-order valence-corrected chi connectivity index (χ2v) is 6.68. The highest BCUT2D eigenvalue weighted by molar-refractivity contribution is 5.85. The number of halogens is 1. The van der Waals surface area contributed by atoms with E-state index in [-0.39, 0.29) is 12.4 Å². The molecule has 3 aromatic rings. The minimum atomic E-state index is 0. The summed E-state index contributed by atoms with van der Waals surface area (Å²) >= 11 is 0. The van der Waals surface area contributed by atoms with Crippen LogP contribution in [0.25, 0.3) is 5.69 Å². The molecule has 0 saturated heterocycles. The van der Waals surface area contributed by atoms with Crippen LogP contribution in [-0.2, 0) is 6.42 Å². The van der Waals surface area contributed by atoms with E-state index in [1.54, 1.807) is 14.2 Å². The first-order valence-corrected chi connectivity index (χ1v) is 9.85. The van der Waals surface area contributed by atoms with E-state index in [4.69, 9.17) is 15.3 Å². The highest BCUT2D eigenvalue weighted by Gasteiger charge is 2.14. The highest BCUT2D eigenvalue weighted by atomic mass is 35.5. The Kier molecular flexibility index (Phi) is 10.8. The molecule has 3 rings (SSSR count). The summed E-state index contributed by atoms with van der Waals surface area (Å²) in [6, 6.07) is 15.5. The molecule has 0 aliphatic rings. The van der Waals surface area contributed by atoms with Gasteiger partial charge < -0.3 is 14.9 Å². The first-order chi connectivity index (χ1) is 14.1. The zero-order valence-corrected chi connectivity index (χ0v) is 19.3. The third-order valence-corrected chi connectivity index (χ3v) is 4.80. The van der Waals surface area contributed by atoms with Crippen LogP contribution in [0.5, 0.6) is 11.5 Å². The Morgan fingerprint density at radius 2 is 1.57 bits per heavy atom. The van der Waals surface area contributed by atoms with Crippen molar-refractivity contribution in [3.05, 3.63) is 65.5 Å². The van der Waals surface area contributed by atoms with E-state index in [1.807, 2.05) is 53.2 Å². The normalized spacial score (nSPS) is 9.80. The second-order valence-electron chi connectivity index (χ2n) is 6.68. The van der Waals surface area contributed by atoms with Gasteiger partial charge in [-0.3, -0.25) is 5.84 Å². The van der Waals surface area contributed by atoms with E-state index >= 15 is 0 Å². The van der Waals surface area contributed by atoms with Crippen molar-refractivity contribution in [1.29, 1.82) is 0 Å². The number of aromatic nitrogens is 2. The molecule has 0 atom stereocenters. The number of para-hydroxylation sites is 4. The molecule has 0 fully saturated rings. The van der Waals surface area contributed by atoms with E-state index in [0.29, 0.717) is 0 Å². The van der Waals surface area contributed by atoms with Crippen LogP contribution in [0.3, 0.4) is 0 Å². The average Bonchev–Trinajstić information content (AvgIpc) is 3.05. The first-order valence-electron chi connectivity index (χ1n) is 9.85. The molecule has 30 heavy (non-hydrogen) atoms. The summed E-state index contributed by atoms with van der Waals surface area (Å²) in [4.78, 5) is 0. The molecular formula is C23H33ClN4O2. The van der Waals surface area contributed by atoms with Crippen molar-refractivity contribution in [3.8, 4) is 17.2 Å². The topological polar surface area (TPSA) is 74.3 Å². The third-order valence-electron chi connectivity index (χ3n) is 4.80. The van der Waals surface area contributed by atoms with Crippen LogP contribution >= 0.6 is 12.4 Å². The molecule has 7 heteroatoms. The number of hydrogen-bond acceptors (Lipinski definition) is 5. The molecule has 0 saturated carbocycles. The summed E-state index contributed by atoms with van der Waals surface area (Å²) < 4.78 is 12.4. The lowest BCUT2D eigenvalue weighted by molar-refractivity contribution is 0.411. The van der Waals surface area contributed by atoms with Gasteiger partial charge in [-0.25, -0.2) is 4.68 Å². The lowest BCUT2D eigenvalue weighted by Crippen LogP contribution is -2.07. The van der Waals surface area contributed by atoms with Crippen molar-refractivity contribution >= 4 is 18.1 Å². The molecule has 3 N–H and O–H groups in total. The van der Waals surface area contributed by atoms with E-state index in [9.17, 15) is 0 Å². The molecule has 0 unspecified atom stereocenters. The zero-order chi connectivity index (χ0) is 21.2. The fourth-order valence-corrected chi connectivity index (χ4v) is 3.19. The summed E-state index contributed by atoms with van der Waals surface area (Å²) in [7, 11) is 3.30. The molecule has 164 valence electrons. The Bertz CT molecular complexity index is 889. The van der Waals surface area contributed by atoms with Gasteiger partial charge in [-0.05, 0) is 56.5 Å². The van der Waals surface area contributed by atoms with Crippen LogP contribution in [0.4, 0.5) is 5.69 Å². The van der Waals surface area contributed by atoms with Crippen LogP contribution in [0.1, 0.15) is 36.7 Å². The van der Waals surface area contributed by atoms with Crippen LogP contribution in [-0.4, -0.2) is 24.0 Å². The first kappa shape index (κ1) is 25.3. The number of anilines is 1. The quantitative estimate of drug-likeness (QED) is 0.394. The number of nitrogens with two attached hydrogens (primary N) is 1. The van der Waals surface area contributed by atoms with Gasteiger partial charge in [0.15, 0.2) is 0 Å². The fraction of sp³-hybridized carbons (Fsp3) is 0.348. The Morgan fingerprint density at radius 3 is 2.13 bits per heavy atom. The van der Waals surface area contributed by atoms with Crippen molar-refractivity contribution in [3.63, 3.8) is 0 Å². The third kappa shape index (κ3) is 6.15. The standard InChI is InChI=1S/C16H22N2O.C7H10N2O.ClH/c1-5-6-9-14-12(2)17-18(13(14)3)15-10-7-8-11-16(15)19-4;1-10-7-5-3-2-4-6(7)9-8;/h7-8,10-11H,5-6,9H2,1-4H3;2-5,9H,8H2,1H3;1H. The van der Waals surface area contributed by atoms with Gasteiger partial charge in [0.05, 0.1) is 25.6 Å². The number of hydrogen-bond donors (Lipinski definition) is 2. The predicted molar refractivity (Wildman–Crippen MR) is 126 cm³/mol. The van der Waals surface area contributed by atoms with E-state index in [2.05, 4.69) is 31.3 Å². The highest BCUT2D eigenvalue weighted by Crippen LogP contribution is 2.26. The Labute approximate surface area is 185 Å². The zero-order valence-electron chi connectivity index (χ0n) is 18.4. The van der Waals surface area contributed by atoms with Crippen LogP contribution in [0.2, 0.25) is 0 Å². The summed E-state index contributed by atoms with van der Waals surface area (Å²) in [6.07, 6.45) is 3.52. The summed E-state index contributed by atoms with van der Waals surface area (Å²) in [5, 5.41) is 4.68. The predicted octanol–water partition coefficient (Wildman–Crippen LogP) is 5.24. The van der Waals surface area contributed by atoms with E-state index in [1.165, 1.54) is 24.1 Å². The van der Waals surface area contributed by atoms with Gasteiger partial charge >= 0.3 is 0 Å². The minimum absolute atomic E-state index is 0. The van der Waals surface area contributed by atoms with Crippen LogP contribution in [0, 0.1) is 13.8 Å². The molecule has 0 spiro atoms. The van der Waals surface area contributed by atoms with Gasteiger partial charge in [0, 0.05) is 5.69 Å². The van der Waals surface area contributed by atoms with Crippen LogP contribution < -0.4 is 20.7 Å². The number of methoxy groups -OCH3 is 2. The Morgan fingerprint density at radius 1 is 0.967 bits per heavy atom. The molecule has 0 amide bonds. The van der Waals surface area contributed by atoms with Crippen molar-refractivity contribution in [2.75, 3.05) is 19.6 Å². The van der Waals surface area contributed by atoms with Gasteiger partial charge in [-0.1, -0.05) is 37.6 Å². The molecule has 0 aliphatic carbocycles.